The Bertz CT molecular complexity index is 667. The highest BCUT2D eigenvalue weighted by Gasteiger charge is 2.40. The summed E-state index contributed by atoms with van der Waals surface area (Å²) in [4.78, 5) is 5.33. The van der Waals surface area contributed by atoms with Crippen molar-refractivity contribution in [1.82, 2.24) is 20.4 Å². The smallest absolute Gasteiger partial charge is 0.0598 e. The van der Waals surface area contributed by atoms with Crippen LogP contribution in [-0.4, -0.2) is 97.5 Å². The topological polar surface area (TPSA) is 134 Å². The Labute approximate surface area is 238 Å². The largest absolute Gasteiger partial charge is 0.412 e. The second-order valence-electron chi connectivity index (χ2n) is 12.6. The summed E-state index contributed by atoms with van der Waals surface area (Å²) in [7, 11) is 0. The van der Waals surface area contributed by atoms with Crippen molar-refractivity contribution in [1.29, 1.82) is 0 Å². The van der Waals surface area contributed by atoms with Gasteiger partial charge >= 0.3 is 0 Å². The average molecular weight is 565 g/mol. The lowest BCUT2D eigenvalue weighted by atomic mass is 9.65. The Morgan fingerprint density at radius 1 is 1.08 bits per heavy atom. The summed E-state index contributed by atoms with van der Waals surface area (Å²) >= 11 is 6.27. The molecule has 38 heavy (non-hydrogen) atoms. The fourth-order valence-corrected chi connectivity index (χ4v) is 7.28. The summed E-state index contributed by atoms with van der Waals surface area (Å²) in [6.07, 6.45) is 10.3. The van der Waals surface area contributed by atoms with Crippen molar-refractivity contribution < 1.29 is 21.2 Å². The van der Waals surface area contributed by atoms with Crippen molar-refractivity contribution in [3.63, 3.8) is 0 Å². The first-order valence-corrected chi connectivity index (χ1v) is 14.5. The summed E-state index contributed by atoms with van der Waals surface area (Å²) in [5, 5.41) is 8.92. The quantitative estimate of drug-likeness (QED) is 0.467. The van der Waals surface area contributed by atoms with E-state index in [2.05, 4.69) is 54.2 Å². The van der Waals surface area contributed by atoms with Crippen LogP contribution in [0, 0.1) is 29.1 Å². The maximum absolute atomic E-state index is 6.27. The molecule has 0 bridgehead atoms. The molecule has 0 aromatic heterocycles. The predicted octanol–water partition coefficient (Wildman–Crippen LogP) is 2.69. The van der Waals surface area contributed by atoms with E-state index in [9.17, 15) is 0 Å². The fourth-order valence-electron chi connectivity index (χ4n) is 7.09. The number of halogens is 1. The minimum atomic E-state index is 0. The number of ether oxygens (including phenoxy) is 1. The molecule has 0 spiro atoms. The average Bonchev–Trinajstić information content (AvgIpc) is 2.83. The lowest BCUT2D eigenvalue weighted by Gasteiger charge is -2.49. The molecule has 0 aromatic rings. The molecule has 0 aromatic carbocycles. The zero-order valence-electron chi connectivity index (χ0n) is 23.8. The van der Waals surface area contributed by atoms with Gasteiger partial charge in [-0.05, 0) is 80.7 Å². The van der Waals surface area contributed by atoms with E-state index in [1.54, 1.807) is 0 Å². The van der Waals surface area contributed by atoms with Crippen LogP contribution in [0.15, 0.2) is 11.1 Å². The molecule has 3 saturated heterocycles. The van der Waals surface area contributed by atoms with Crippen LogP contribution in [0.25, 0.3) is 0 Å². The fraction of sp³-hybridized carbons (Fsp3) is 0.931. The summed E-state index contributed by atoms with van der Waals surface area (Å²) in [5.74, 6) is 3.04. The Hall–Kier alpha value is -0.290. The minimum Gasteiger partial charge on any atom is -0.412 e. The van der Waals surface area contributed by atoms with Gasteiger partial charge in [-0.15, -0.1) is 0 Å². The van der Waals surface area contributed by atoms with Crippen molar-refractivity contribution >= 4 is 11.6 Å². The number of nitrogens with zero attached hydrogens (tertiary/aromatic N) is 2. The van der Waals surface area contributed by atoms with Crippen LogP contribution in [0.2, 0.25) is 0 Å². The summed E-state index contributed by atoms with van der Waals surface area (Å²) in [6.45, 7) is 19.7. The van der Waals surface area contributed by atoms with Gasteiger partial charge in [-0.1, -0.05) is 52.8 Å². The molecular weight excluding hydrogens is 504 g/mol. The summed E-state index contributed by atoms with van der Waals surface area (Å²) in [5.41, 5.74) is 0.379. The van der Waals surface area contributed by atoms with Crippen molar-refractivity contribution in [2.75, 3.05) is 59.0 Å². The van der Waals surface area contributed by atoms with Crippen LogP contribution < -0.4 is 10.6 Å². The maximum Gasteiger partial charge on any atom is 0.0598 e. The molecule has 4 unspecified atom stereocenters. The molecule has 8 N–H and O–H groups in total. The molecule has 3 aliphatic heterocycles. The van der Waals surface area contributed by atoms with Crippen molar-refractivity contribution in [2.24, 2.45) is 29.1 Å². The van der Waals surface area contributed by atoms with E-state index in [0.717, 1.165) is 68.6 Å². The molecule has 4 aliphatic rings. The Kier molecular flexibility index (Phi) is 17.4. The molecular formula is C29H61ClN4O4. The Morgan fingerprint density at radius 3 is 2.34 bits per heavy atom. The molecule has 1 aliphatic carbocycles. The van der Waals surface area contributed by atoms with Gasteiger partial charge in [0.15, 0.2) is 0 Å². The second-order valence-corrected chi connectivity index (χ2v) is 13.1. The van der Waals surface area contributed by atoms with E-state index in [1.165, 1.54) is 51.7 Å². The third-order valence-corrected chi connectivity index (χ3v) is 9.60. The van der Waals surface area contributed by atoms with Crippen LogP contribution >= 0.6 is 11.6 Å². The number of morpholine rings is 1. The maximum atomic E-state index is 6.27. The lowest BCUT2D eigenvalue weighted by molar-refractivity contribution is -0.00197. The zero-order valence-corrected chi connectivity index (χ0v) is 24.6. The molecule has 0 amide bonds. The predicted molar refractivity (Wildman–Crippen MR) is 161 cm³/mol. The van der Waals surface area contributed by atoms with Gasteiger partial charge in [0, 0.05) is 43.8 Å². The van der Waals surface area contributed by atoms with Gasteiger partial charge in [0.1, 0.15) is 0 Å². The van der Waals surface area contributed by atoms with E-state index in [-0.39, 0.29) is 23.9 Å². The van der Waals surface area contributed by atoms with Crippen molar-refractivity contribution in [3.8, 4) is 0 Å². The normalized spacial score (nSPS) is 31.1. The lowest BCUT2D eigenvalue weighted by Crippen LogP contribution is -2.56. The van der Waals surface area contributed by atoms with Crippen molar-refractivity contribution in [2.45, 2.75) is 85.9 Å². The molecule has 5 atom stereocenters. The van der Waals surface area contributed by atoms with Crippen LogP contribution in [0.1, 0.15) is 73.6 Å². The first-order chi connectivity index (χ1) is 16.3. The van der Waals surface area contributed by atoms with Gasteiger partial charge in [-0.25, -0.2) is 0 Å². The number of piperidine rings is 2. The molecule has 3 heterocycles. The van der Waals surface area contributed by atoms with Gasteiger partial charge in [0.2, 0.25) is 0 Å². The van der Waals surface area contributed by atoms with E-state index >= 15 is 0 Å². The van der Waals surface area contributed by atoms with Crippen LogP contribution in [-0.2, 0) is 4.74 Å². The third-order valence-electron chi connectivity index (χ3n) is 9.26. The number of hydrogen-bond donors (Lipinski definition) is 2. The molecule has 0 saturated carbocycles. The molecule has 4 rings (SSSR count). The molecule has 228 valence electrons. The Balaban J connectivity index is 0.00000342. The third kappa shape index (κ3) is 10.3. The Morgan fingerprint density at radius 2 is 1.79 bits per heavy atom. The molecule has 9 heteroatoms. The number of rotatable bonds is 8. The van der Waals surface area contributed by atoms with Crippen LogP contribution in [0.5, 0.6) is 0 Å². The highest BCUT2D eigenvalue weighted by molar-refractivity contribution is 6.29. The summed E-state index contributed by atoms with van der Waals surface area (Å²) in [6, 6.07) is 0.570. The van der Waals surface area contributed by atoms with Gasteiger partial charge in [-0.3, -0.25) is 4.90 Å². The van der Waals surface area contributed by atoms with Gasteiger partial charge in [0.05, 0.1) is 19.4 Å². The molecule has 0 radical (unpaired) electrons. The minimum absolute atomic E-state index is 0. The standard InChI is InChI=1S/C28H51ClN4O.CH4.3H2O/c1-21(2)26(30-17-22-5-10-27(31-18-22)33-13-15-34-16-14-33)19-32-12-11-25(28(3,4)20-32)23-6-8-24(29)9-7-23;;;;/h8,21-23,25-27,30-31H,5-7,9-20H2,1-4H3;1H4;3*1H2/t22?,23?,25?,26-,27?;;;;/m0..../s1. The van der Waals surface area contributed by atoms with E-state index in [1.807, 2.05) is 0 Å². The number of hydrogen-bond acceptors (Lipinski definition) is 5. The number of likely N-dealkylation sites (tertiary alicyclic amines) is 1. The highest BCUT2D eigenvalue weighted by atomic mass is 35.5. The van der Waals surface area contributed by atoms with Crippen LogP contribution in [0.4, 0.5) is 0 Å². The number of allylic oxidation sites excluding steroid dienone is 2. The zero-order chi connectivity index (χ0) is 24.1. The first kappa shape index (κ1) is 37.7. The second kappa shape index (κ2) is 17.5. The van der Waals surface area contributed by atoms with E-state index in [0.29, 0.717) is 23.5 Å². The summed E-state index contributed by atoms with van der Waals surface area (Å²) < 4.78 is 5.52. The van der Waals surface area contributed by atoms with Gasteiger partial charge in [0.25, 0.3) is 0 Å². The van der Waals surface area contributed by atoms with E-state index < -0.39 is 0 Å². The molecule has 8 nitrogen and oxygen atoms in total. The van der Waals surface area contributed by atoms with Crippen molar-refractivity contribution in [3.05, 3.63) is 11.1 Å². The van der Waals surface area contributed by atoms with Crippen LogP contribution in [0.3, 0.4) is 0 Å². The van der Waals surface area contributed by atoms with Gasteiger partial charge < -0.3 is 36.7 Å². The molecule has 3 fully saturated rings. The van der Waals surface area contributed by atoms with Gasteiger partial charge in [-0.2, -0.15) is 0 Å². The SMILES string of the molecule is C.CC(C)[C@H](CN1CCC(C2CC=C(Cl)CC2)C(C)(C)C1)NCC1CCC(N2CCOCC2)NC1.O.O.O. The highest BCUT2D eigenvalue weighted by Crippen LogP contribution is 2.45. The van der Waals surface area contributed by atoms with E-state index in [4.69, 9.17) is 16.3 Å². The monoisotopic (exact) mass is 564 g/mol. The first-order valence-electron chi connectivity index (χ1n) is 14.2. The number of nitrogens with one attached hydrogen (secondary N) is 2.